The van der Waals surface area contributed by atoms with Crippen LogP contribution < -0.4 is 0 Å². The highest BCUT2D eigenvalue weighted by molar-refractivity contribution is 7.80. The third-order valence-corrected chi connectivity index (χ3v) is 7.23. The summed E-state index contributed by atoms with van der Waals surface area (Å²) < 4.78 is 33.0. The summed E-state index contributed by atoms with van der Waals surface area (Å²) >= 11 is 4.25. The Morgan fingerprint density at radius 3 is 1.64 bits per heavy atom. The van der Waals surface area contributed by atoms with Crippen LogP contribution in [0.25, 0.3) is 0 Å². The molecular weight excluding hydrogens is 501 g/mol. The molecule has 0 rings (SSSR count). The number of hydrogen-bond donors (Lipinski definition) is 2. The summed E-state index contributed by atoms with van der Waals surface area (Å²) in [6.45, 7) is 2.30. The van der Waals surface area contributed by atoms with Crippen molar-refractivity contribution in [3.8, 4) is 0 Å². The number of unbranched alkanes of at least 4 members (excludes halogenated alkanes) is 13. The maximum atomic E-state index is 12.0. The number of carbonyl (C=O) groups excluding carboxylic acids is 1. The first-order chi connectivity index (χ1) is 17.1. The van der Waals surface area contributed by atoms with Gasteiger partial charge in [-0.2, -0.15) is 12.6 Å². The molecule has 0 aromatic heterocycles. The fraction of sp³-hybridized carbons (Fsp3) is 0.962. The smallest absolute Gasteiger partial charge is 0.410 e. The van der Waals surface area contributed by atoms with E-state index in [0.29, 0.717) is 19.6 Å². The first-order valence-electron chi connectivity index (χ1n) is 13.9. The van der Waals surface area contributed by atoms with E-state index in [9.17, 15) is 14.3 Å². The molecule has 0 saturated heterocycles. The van der Waals surface area contributed by atoms with Gasteiger partial charge < -0.3 is 14.4 Å². The van der Waals surface area contributed by atoms with Crippen LogP contribution in [0.15, 0.2) is 0 Å². The third kappa shape index (κ3) is 24.2. The molecule has 0 aliphatic carbocycles. The van der Waals surface area contributed by atoms with Crippen LogP contribution in [0.1, 0.15) is 103 Å². The highest BCUT2D eigenvalue weighted by Crippen LogP contribution is 2.43. The van der Waals surface area contributed by atoms with Gasteiger partial charge in [-0.05, 0) is 25.0 Å². The molecule has 1 unspecified atom stereocenters. The van der Waals surface area contributed by atoms with Crippen molar-refractivity contribution in [2.45, 2.75) is 109 Å². The predicted molar refractivity (Wildman–Crippen MR) is 149 cm³/mol. The molecule has 0 heterocycles. The maximum Gasteiger partial charge on any atom is 0.472 e. The van der Waals surface area contributed by atoms with Crippen molar-refractivity contribution in [3.63, 3.8) is 0 Å². The summed E-state index contributed by atoms with van der Waals surface area (Å²) in [6.07, 6.45) is 18.1. The van der Waals surface area contributed by atoms with Crippen molar-refractivity contribution in [1.82, 2.24) is 0 Å². The summed E-state index contributed by atoms with van der Waals surface area (Å²) in [5.74, 6) is 0.547. The van der Waals surface area contributed by atoms with Gasteiger partial charge in [-0.1, -0.05) is 77.0 Å². The number of carbonyl (C=O) groups is 1. The number of rotatable bonds is 26. The molecule has 0 aliphatic rings. The third-order valence-electron chi connectivity index (χ3n) is 5.93. The lowest BCUT2D eigenvalue weighted by Gasteiger charge is -2.32. The van der Waals surface area contributed by atoms with E-state index in [1.807, 2.05) is 0 Å². The number of phosphoric ester groups is 1. The highest BCUT2D eigenvalue weighted by Gasteiger charge is 2.31. The molecular formula is C26H55NO7PS+. The Bertz CT molecular complexity index is 575. The Labute approximate surface area is 226 Å². The molecule has 0 bridgehead atoms. The molecule has 0 aliphatic heterocycles. The van der Waals surface area contributed by atoms with Gasteiger partial charge in [0, 0.05) is 20.1 Å². The summed E-state index contributed by atoms with van der Waals surface area (Å²) in [5, 5.41) is 0. The van der Waals surface area contributed by atoms with Gasteiger partial charge in [0.25, 0.3) is 6.23 Å². The molecule has 0 aromatic rings. The number of phosphoric acid groups is 1. The van der Waals surface area contributed by atoms with Gasteiger partial charge in [-0.3, -0.25) is 18.3 Å². The Morgan fingerprint density at radius 2 is 1.19 bits per heavy atom. The summed E-state index contributed by atoms with van der Waals surface area (Å²) in [5.41, 5.74) is 0. The van der Waals surface area contributed by atoms with Gasteiger partial charge >= 0.3 is 13.8 Å². The molecule has 0 fully saturated rings. The Kier molecular flexibility index (Phi) is 22.7. The van der Waals surface area contributed by atoms with Crippen LogP contribution in [-0.4, -0.2) is 74.9 Å². The molecule has 10 heteroatoms. The quantitative estimate of drug-likeness (QED) is 0.0313. The molecule has 0 radical (unpaired) electrons. The number of nitrogens with zero attached hydrogens (tertiary/aromatic N) is 1. The first-order valence-corrected chi connectivity index (χ1v) is 16.0. The second-order valence-electron chi connectivity index (χ2n) is 10.4. The minimum Gasteiger partial charge on any atom is -0.410 e. The van der Waals surface area contributed by atoms with Crippen LogP contribution in [0.4, 0.5) is 0 Å². The van der Waals surface area contributed by atoms with E-state index in [-0.39, 0.29) is 17.7 Å². The van der Waals surface area contributed by atoms with E-state index in [4.69, 9.17) is 18.5 Å². The van der Waals surface area contributed by atoms with Crippen molar-refractivity contribution in [2.24, 2.45) is 0 Å². The minimum atomic E-state index is -4.21. The molecule has 0 amide bonds. The molecule has 1 N–H and O–H groups in total. The van der Waals surface area contributed by atoms with E-state index in [1.165, 1.54) is 90.4 Å². The van der Waals surface area contributed by atoms with E-state index >= 15 is 0 Å². The van der Waals surface area contributed by atoms with Crippen LogP contribution in [-0.2, 0) is 27.9 Å². The van der Waals surface area contributed by atoms with Crippen LogP contribution >= 0.6 is 20.5 Å². The van der Waals surface area contributed by atoms with Crippen LogP contribution in [0.3, 0.4) is 0 Å². The highest BCUT2D eigenvalue weighted by atomic mass is 32.1. The number of ether oxygens (including phenoxy) is 2. The number of esters is 1. The molecule has 0 saturated carbocycles. The fourth-order valence-electron chi connectivity index (χ4n) is 3.68. The van der Waals surface area contributed by atoms with E-state index in [1.54, 1.807) is 21.1 Å². The molecule has 0 aromatic carbocycles. The SMILES string of the molecule is CC(=O)O[C@H](COP(=O)(O)OCCCOCCCCCCCCCCCCCCCCS)[N+](C)(C)C. The van der Waals surface area contributed by atoms with Crippen molar-refractivity contribution in [2.75, 3.05) is 53.3 Å². The normalized spacial score (nSPS) is 14.5. The number of thiol groups is 1. The minimum absolute atomic E-state index is 0.0620. The summed E-state index contributed by atoms with van der Waals surface area (Å²) in [6, 6.07) is 0. The average molecular weight is 557 g/mol. The number of hydrogen-bond acceptors (Lipinski definition) is 7. The Morgan fingerprint density at radius 1 is 0.750 bits per heavy atom. The topological polar surface area (TPSA) is 91.3 Å². The maximum absolute atomic E-state index is 12.0. The first kappa shape index (κ1) is 35.9. The summed E-state index contributed by atoms with van der Waals surface area (Å²) in [4.78, 5) is 21.1. The van der Waals surface area contributed by atoms with E-state index < -0.39 is 20.0 Å². The van der Waals surface area contributed by atoms with E-state index in [0.717, 1.165) is 12.2 Å². The lowest BCUT2D eigenvalue weighted by atomic mass is 10.0. The largest absolute Gasteiger partial charge is 0.472 e. The molecule has 216 valence electrons. The van der Waals surface area contributed by atoms with E-state index in [2.05, 4.69) is 12.6 Å². The van der Waals surface area contributed by atoms with Gasteiger partial charge in [0.15, 0.2) is 0 Å². The second kappa shape index (κ2) is 22.8. The predicted octanol–water partition coefficient (Wildman–Crippen LogP) is 6.51. The molecule has 8 nitrogen and oxygen atoms in total. The van der Waals surface area contributed by atoms with Crippen LogP contribution in [0.2, 0.25) is 0 Å². The zero-order chi connectivity index (χ0) is 27.1. The Hall–Kier alpha value is -0.150. The summed E-state index contributed by atoms with van der Waals surface area (Å²) in [7, 11) is 1.19. The monoisotopic (exact) mass is 556 g/mol. The van der Waals surface area contributed by atoms with Crippen LogP contribution in [0.5, 0.6) is 0 Å². The lowest BCUT2D eigenvalue weighted by molar-refractivity contribution is -0.916. The van der Waals surface area contributed by atoms with Gasteiger partial charge in [0.1, 0.15) is 6.61 Å². The fourth-order valence-corrected chi connectivity index (χ4v) is 4.66. The molecule has 2 atom stereocenters. The van der Waals surface area contributed by atoms with Gasteiger partial charge in [0.2, 0.25) is 0 Å². The zero-order valence-corrected chi connectivity index (χ0v) is 25.2. The number of quaternary nitrogens is 1. The number of likely N-dealkylation sites (N-methyl/N-ethyl adjacent to an activating group) is 1. The zero-order valence-electron chi connectivity index (χ0n) is 23.5. The van der Waals surface area contributed by atoms with Crippen molar-refractivity contribution < 1.29 is 37.3 Å². The molecule has 36 heavy (non-hydrogen) atoms. The van der Waals surface area contributed by atoms with Gasteiger partial charge in [-0.15, -0.1) is 0 Å². The van der Waals surface area contributed by atoms with Crippen molar-refractivity contribution in [3.05, 3.63) is 0 Å². The lowest BCUT2D eigenvalue weighted by Crippen LogP contribution is -2.49. The van der Waals surface area contributed by atoms with Gasteiger partial charge in [0.05, 0.1) is 27.7 Å². The van der Waals surface area contributed by atoms with Crippen molar-refractivity contribution in [1.29, 1.82) is 0 Å². The van der Waals surface area contributed by atoms with Crippen LogP contribution in [0, 0.1) is 0 Å². The second-order valence-corrected chi connectivity index (χ2v) is 12.3. The standard InChI is InChI=1S/C26H54NO7PS/c1-25(28)34-26(27(2,3)4)24-33-35(29,30)32-22-19-21-31-20-17-15-13-11-9-7-5-6-8-10-12-14-16-18-23-36/h26H,5-24H2,1-4H3,(H-,29,30,36)/p+1/t26-/m1/s1. The Balaban J connectivity index is 3.51. The molecule has 0 spiro atoms. The van der Waals surface area contributed by atoms with Crippen molar-refractivity contribution >= 4 is 26.4 Å². The van der Waals surface area contributed by atoms with Gasteiger partial charge in [-0.25, -0.2) is 4.57 Å². The average Bonchev–Trinajstić information content (AvgIpc) is 2.79.